The average molecular weight is 373 g/mol. The summed E-state index contributed by atoms with van der Waals surface area (Å²) in [5.74, 6) is 3.22. The van der Waals surface area contributed by atoms with Crippen molar-refractivity contribution >= 4 is 5.78 Å². The molecule has 1 saturated heterocycles. The van der Waals surface area contributed by atoms with Crippen LogP contribution in [0, 0.1) is 11.8 Å². The van der Waals surface area contributed by atoms with E-state index in [1.54, 1.807) is 14.2 Å². The number of hydrogen-bond acceptors (Lipinski definition) is 5. The predicted octanol–water partition coefficient (Wildman–Crippen LogP) is 3.22. The summed E-state index contributed by atoms with van der Waals surface area (Å²) in [7, 11) is 5.60. The average Bonchev–Trinajstić information content (AvgIpc) is 2.67. The topological polar surface area (TPSA) is 48.0 Å². The van der Waals surface area contributed by atoms with Crippen molar-refractivity contribution in [3.8, 4) is 17.2 Å². The molecule has 0 unspecified atom stereocenters. The number of carbonyl (C=O) groups is 1. The minimum atomic E-state index is -0.189. The molecule has 0 radical (unpaired) electrons. The number of rotatable bonds is 4. The summed E-state index contributed by atoms with van der Waals surface area (Å²) >= 11 is 0. The summed E-state index contributed by atoms with van der Waals surface area (Å²) in [4.78, 5) is 15.4. The van der Waals surface area contributed by atoms with Crippen LogP contribution >= 0.6 is 0 Å². The van der Waals surface area contributed by atoms with Crippen molar-refractivity contribution in [2.24, 2.45) is 11.8 Å². The summed E-state index contributed by atoms with van der Waals surface area (Å²) in [5.41, 5.74) is 2.21. The molecule has 2 fully saturated rings. The van der Waals surface area contributed by atoms with E-state index in [0.717, 1.165) is 37.3 Å². The first-order chi connectivity index (χ1) is 13.0. The Balaban J connectivity index is 2.04. The van der Waals surface area contributed by atoms with Gasteiger partial charge in [-0.15, -0.1) is 0 Å². The number of piperidine rings is 1. The van der Waals surface area contributed by atoms with E-state index in [9.17, 15) is 4.79 Å². The van der Waals surface area contributed by atoms with Gasteiger partial charge in [0.25, 0.3) is 0 Å². The molecule has 2 aliphatic carbocycles. The molecule has 1 saturated carbocycles. The lowest BCUT2D eigenvalue weighted by Crippen LogP contribution is -2.64. The van der Waals surface area contributed by atoms with Gasteiger partial charge in [0.05, 0.1) is 20.8 Å². The molecule has 0 aromatic heterocycles. The molecular weight excluding hydrogens is 342 g/mol. The summed E-state index contributed by atoms with van der Waals surface area (Å²) < 4.78 is 17.6. The van der Waals surface area contributed by atoms with E-state index in [2.05, 4.69) is 18.9 Å². The highest BCUT2D eigenvalue weighted by Crippen LogP contribution is 2.61. The number of nitrogens with zero attached hydrogens (tertiary/aromatic N) is 1. The van der Waals surface area contributed by atoms with Crippen molar-refractivity contribution in [2.75, 3.05) is 34.4 Å². The number of likely N-dealkylation sites (tertiary alicyclic amines) is 1. The number of benzene rings is 1. The van der Waals surface area contributed by atoms with Gasteiger partial charge in [-0.2, -0.15) is 0 Å². The molecule has 27 heavy (non-hydrogen) atoms. The van der Waals surface area contributed by atoms with E-state index >= 15 is 0 Å². The van der Waals surface area contributed by atoms with Crippen molar-refractivity contribution < 1.29 is 19.0 Å². The Morgan fingerprint density at radius 1 is 1.26 bits per heavy atom. The van der Waals surface area contributed by atoms with E-state index in [0.29, 0.717) is 36.5 Å². The summed E-state index contributed by atoms with van der Waals surface area (Å²) in [6.07, 6.45) is 3.56. The largest absolute Gasteiger partial charge is 0.493 e. The monoisotopic (exact) mass is 373 g/mol. The van der Waals surface area contributed by atoms with E-state index in [-0.39, 0.29) is 11.3 Å². The van der Waals surface area contributed by atoms with Crippen LogP contribution in [-0.2, 0) is 16.6 Å². The normalized spacial score (nSPS) is 32.5. The van der Waals surface area contributed by atoms with Gasteiger partial charge in [-0.1, -0.05) is 6.92 Å². The summed E-state index contributed by atoms with van der Waals surface area (Å²) in [6.45, 7) is 5.74. The molecule has 0 N–H and O–H groups in total. The molecule has 0 spiro atoms. The van der Waals surface area contributed by atoms with Crippen molar-refractivity contribution in [3.05, 3.63) is 17.2 Å². The highest BCUT2D eigenvalue weighted by atomic mass is 16.5. The molecule has 4 atom stereocenters. The highest BCUT2D eigenvalue weighted by Gasteiger charge is 2.60. The quantitative estimate of drug-likeness (QED) is 0.811. The van der Waals surface area contributed by atoms with Gasteiger partial charge < -0.3 is 19.1 Å². The number of likely N-dealkylation sites (N-methyl/N-ethyl adjacent to an activating group) is 1. The molecule has 5 heteroatoms. The maximum Gasteiger partial charge on any atom is 0.165 e. The lowest BCUT2D eigenvalue weighted by molar-refractivity contribution is -0.134. The molecule has 1 aromatic carbocycles. The molecule has 148 valence electrons. The third kappa shape index (κ3) is 2.43. The van der Waals surface area contributed by atoms with Crippen LogP contribution in [0.2, 0.25) is 0 Å². The third-order valence-corrected chi connectivity index (χ3v) is 7.44. The Morgan fingerprint density at radius 2 is 2.04 bits per heavy atom. The fourth-order valence-electron chi connectivity index (χ4n) is 6.17. The highest BCUT2D eigenvalue weighted by molar-refractivity contribution is 5.85. The number of Topliss-reactive ketones (excluding diaryl/α,β-unsaturated/α-hetero) is 1. The second-order valence-electron chi connectivity index (χ2n) is 8.27. The van der Waals surface area contributed by atoms with Crippen molar-refractivity contribution in [2.45, 2.75) is 51.0 Å². The Morgan fingerprint density at radius 3 is 2.70 bits per heavy atom. The van der Waals surface area contributed by atoms with Crippen LogP contribution in [0.25, 0.3) is 0 Å². The van der Waals surface area contributed by atoms with Gasteiger partial charge in [-0.05, 0) is 45.7 Å². The first-order valence-corrected chi connectivity index (χ1v) is 10.1. The van der Waals surface area contributed by atoms with Crippen LogP contribution in [0.4, 0.5) is 0 Å². The van der Waals surface area contributed by atoms with Crippen molar-refractivity contribution in [3.63, 3.8) is 0 Å². The van der Waals surface area contributed by atoms with E-state index in [1.807, 2.05) is 13.0 Å². The standard InChI is InChI=1S/C22H31NO4/c1-6-27-18-12-19(25-4)21(26-5)20-14(18)11-16-15-7-8-17(24)13(2)22(15,20)9-10-23(16)3/h12-13,15-16H,6-11H2,1-5H3/t13-,15+,16-,22+/m1/s1. The number of ether oxygens (including phenoxy) is 3. The number of ketones is 1. The molecule has 1 heterocycles. The maximum atomic E-state index is 12.9. The van der Waals surface area contributed by atoms with Gasteiger partial charge in [0.15, 0.2) is 11.5 Å². The number of fused-ring (bicyclic) bond motifs is 1. The van der Waals surface area contributed by atoms with Crippen LogP contribution < -0.4 is 14.2 Å². The predicted molar refractivity (Wildman–Crippen MR) is 104 cm³/mol. The van der Waals surface area contributed by atoms with Crippen LogP contribution in [-0.4, -0.2) is 51.1 Å². The zero-order valence-electron chi connectivity index (χ0n) is 17.1. The fourth-order valence-corrected chi connectivity index (χ4v) is 6.17. The number of carbonyl (C=O) groups excluding carboxylic acids is 1. The number of hydrogen-bond donors (Lipinski definition) is 0. The minimum absolute atomic E-state index is 0.0121. The molecule has 3 aliphatic rings. The van der Waals surface area contributed by atoms with Gasteiger partial charge in [-0.3, -0.25) is 4.79 Å². The van der Waals surface area contributed by atoms with Crippen molar-refractivity contribution in [1.82, 2.24) is 4.90 Å². The zero-order valence-corrected chi connectivity index (χ0v) is 17.1. The number of methoxy groups -OCH3 is 2. The van der Waals surface area contributed by atoms with Crippen molar-refractivity contribution in [1.29, 1.82) is 0 Å². The zero-order chi connectivity index (χ0) is 19.3. The van der Waals surface area contributed by atoms with E-state index in [1.165, 1.54) is 11.1 Å². The van der Waals surface area contributed by atoms with Crippen LogP contribution in [0.5, 0.6) is 17.2 Å². The fraction of sp³-hybridized carbons (Fsp3) is 0.682. The van der Waals surface area contributed by atoms with Crippen LogP contribution in [0.15, 0.2) is 6.07 Å². The Kier molecular flexibility index (Phi) is 4.61. The Hall–Kier alpha value is -1.75. The van der Waals surface area contributed by atoms with Crippen LogP contribution in [0.1, 0.15) is 44.2 Å². The molecule has 0 amide bonds. The molecule has 4 rings (SSSR count). The second-order valence-corrected chi connectivity index (χ2v) is 8.27. The Labute approximate surface area is 162 Å². The van der Waals surface area contributed by atoms with Gasteiger partial charge in [0.2, 0.25) is 0 Å². The first-order valence-electron chi connectivity index (χ1n) is 10.1. The smallest absolute Gasteiger partial charge is 0.165 e. The van der Waals surface area contributed by atoms with Crippen LogP contribution in [0.3, 0.4) is 0 Å². The van der Waals surface area contributed by atoms with Gasteiger partial charge in [0.1, 0.15) is 11.5 Å². The first kappa shape index (κ1) is 18.6. The van der Waals surface area contributed by atoms with Gasteiger partial charge >= 0.3 is 0 Å². The lowest BCUT2D eigenvalue weighted by atomic mass is 9.48. The summed E-state index contributed by atoms with van der Waals surface area (Å²) in [6, 6.07) is 2.41. The molecule has 2 bridgehead atoms. The maximum absolute atomic E-state index is 12.9. The minimum Gasteiger partial charge on any atom is -0.493 e. The molecule has 1 aliphatic heterocycles. The van der Waals surface area contributed by atoms with E-state index in [4.69, 9.17) is 14.2 Å². The molecule has 5 nitrogen and oxygen atoms in total. The molecule has 1 aromatic rings. The summed E-state index contributed by atoms with van der Waals surface area (Å²) in [5, 5.41) is 0. The SMILES string of the molecule is CCOc1cc(OC)c(OC)c2c1C[C@@H]1[C@@H]3CCC(=O)[C@@H](C)[C@]23CCN1C. The van der Waals surface area contributed by atoms with Gasteiger partial charge in [0, 0.05) is 41.0 Å². The van der Waals surface area contributed by atoms with Gasteiger partial charge in [-0.25, -0.2) is 0 Å². The Bertz CT molecular complexity index is 761. The lowest BCUT2D eigenvalue weighted by Gasteiger charge is -2.60. The molecular formula is C22H31NO4. The second kappa shape index (κ2) is 6.69. The third-order valence-electron chi connectivity index (χ3n) is 7.44. The van der Waals surface area contributed by atoms with E-state index < -0.39 is 0 Å².